The van der Waals surface area contributed by atoms with Gasteiger partial charge in [0.2, 0.25) is 0 Å². The summed E-state index contributed by atoms with van der Waals surface area (Å²) in [5.41, 5.74) is 0.441. The van der Waals surface area contributed by atoms with Gasteiger partial charge in [-0.3, -0.25) is 0 Å². The van der Waals surface area contributed by atoms with Crippen molar-refractivity contribution in [3.05, 3.63) is 64.7 Å². The molecule has 0 saturated carbocycles. The van der Waals surface area contributed by atoms with E-state index in [9.17, 15) is 22.0 Å². The second-order valence-electron chi connectivity index (χ2n) is 4.68. The van der Waals surface area contributed by atoms with E-state index in [1.807, 2.05) is 6.07 Å². The Kier molecular flexibility index (Phi) is 4.84. The maximum Gasteiger partial charge on any atom is 0.416 e. The molecule has 0 unspecified atom stereocenters. The molecule has 2 aromatic carbocycles. The average Bonchev–Trinajstić information content (AvgIpc) is 2.48. The third-order valence-electron chi connectivity index (χ3n) is 3.10. The highest BCUT2D eigenvalue weighted by Crippen LogP contribution is 2.29. The summed E-state index contributed by atoms with van der Waals surface area (Å²) >= 11 is 0. The maximum atomic E-state index is 12.5. The number of ether oxygens (including phenoxy) is 1. The van der Waals surface area contributed by atoms with Crippen molar-refractivity contribution in [3.63, 3.8) is 0 Å². The first-order valence-corrected chi connectivity index (χ1v) is 6.43. The van der Waals surface area contributed by atoms with Crippen molar-refractivity contribution in [2.75, 3.05) is 0 Å². The molecule has 0 saturated heterocycles. The van der Waals surface area contributed by atoms with Gasteiger partial charge in [0, 0.05) is 0 Å². The van der Waals surface area contributed by atoms with Gasteiger partial charge < -0.3 is 4.74 Å². The van der Waals surface area contributed by atoms with Gasteiger partial charge in [-0.05, 0) is 41.8 Å². The number of nitriles is 1. The summed E-state index contributed by atoms with van der Waals surface area (Å²) in [5.74, 6) is -0.146. The minimum atomic E-state index is -4.41. The van der Waals surface area contributed by atoms with Crippen LogP contribution in [-0.4, -0.2) is 6.61 Å². The largest absolute Gasteiger partial charge is 0.435 e. The summed E-state index contributed by atoms with van der Waals surface area (Å²) in [6, 6.07) is 10.3. The summed E-state index contributed by atoms with van der Waals surface area (Å²) in [7, 11) is 0. The van der Waals surface area contributed by atoms with Crippen LogP contribution in [0.1, 0.15) is 22.3 Å². The van der Waals surface area contributed by atoms with E-state index in [4.69, 9.17) is 5.26 Å². The topological polar surface area (TPSA) is 33.0 Å². The molecule has 120 valence electrons. The second-order valence-corrected chi connectivity index (χ2v) is 4.68. The molecular weight excluding hydrogens is 317 g/mol. The number of nitrogens with zero attached hydrogens (tertiary/aromatic N) is 1. The van der Waals surface area contributed by atoms with Crippen molar-refractivity contribution in [2.24, 2.45) is 0 Å². The van der Waals surface area contributed by atoms with Crippen LogP contribution in [-0.2, 0) is 12.6 Å². The molecule has 0 aromatic heterocycles. The summed E-state index contributed by atoms with van der Waals surface area (Å²) < 4.78 is 66.0. The zero-order chi connectivity index (χ0) is 17.0. The SMILES string of the molecule is N#Cc1cc(OC(F)F)ccc1Cc1ccc(C(F)(F)F)cc1. The standard InChI is InChI=1S/C16H10F5NO/c17-15(18)23-14-6-3-11(12(8-14)9-22)7-10-1-4-13(5-2-10)16(19,20)21/h1-6,8,15H,7H2. The summed E-state index contributed by atoms with van der Waals surface area (Å²) in [6.45, 7) is -3.00. The Labute approximate surface area is 128 Å². The van der Waals surface area contributed by atoms with Crippen LogP contribution in [0.25, 0.3) is 0 Å². The van der Waals surface area contributed by atoms with Crippen LogP contribution in [0.15, 0.2) is 42.5 Å². The molecule has 2 aromatic rings. The van der Waals surface area contributed by atoms with E-state index >= 15 is 0 Å². The van der Waals surface area contributed by atoms with Crippen LogP contribution in [0, 0.1) is 11.3 Å². The smallest absolute Gasteiger partial charge is 0.416 e. The number of alkyl halides is 5. The fourth-order valence-electron chi connectivity index (χ4n) is 2.02. The van der Waals surface area contributed by atoms with Crippen LogP contribution in [0.4, 0.5) is 22.0 Å². The van der Waals surface area contributed by atoms with Crippen LogP contribution < -0.4 is 4.74 Å². The highest BCUT2D eigenvalue weighted by atomic mass is 19.4. The van der Waals surface area contributed by atoms with E-state index in [0.29, 0.717) is 11.1 Å². The maximum absolute atomic E-state index is 12.5. The second kappa shape index (κ2) is 6.65. The van der Waals surface area contributed by atoms with Gasteiger partial charge in [0.1, 0.15) is 5.75 Å². The van der Waals surface area contributed by atoms with Crippen molar-refractivity contribution < 1.29 is 26.7 Å². The van der Waals surface area contributed by atoms with Crippen molar-refractivity contribution in [1.29, 1.82) is 5.26 Å². The Morgan fingerprint density at radius 2 is 1.70 bits per heavy atom. The first kappa shape index (κ1) is 16.7. The molecule has 0 amide bonds. The average molecular weight is 327 g/mol. The molecule has 0 spiro atoms. The minimum Gasteiger partial charge on any atom is -0.435 e. The van der Waals surface area contributed by atoms with E-state index in [2.05, 4.69) is 4.74 Å². The highest BCUT2D eigenvalue weighted by molar-refractivity contribution is 5.45. The monoisotopic (exact) mass is 327 g/mol. The molecule has 0 N–H and O–H groups in total. The minimum absolute atomic E-state index is 0.128. The van der Waals surface area contributed by atoms with Crippen molar-refractivity contribution in [1.82, 2.24) is 0 Å². The van der Waals surface area contributed by atoms with Crippen LogP contribution in [0.5, 0.6) is 5.75 Å². The molecule has 23 heavy (non-hydrogen) atoms. The fraction of sp³-hybridized carbons (Fsp3) is 0.188. The molecule has 2 nitrogen and oxygen atoms in total. The Bertz CT molecular complexity index is 717. The number of hydrogen-bond acceptors (Lipinski definition) is 2. The van der Waals surface area contributed by atoms with Gasteiger partial charge in [-0.2, -0.15) is 27.2 Å². The molecule has 0 bridgehead atoms. The molecule has 2 rings (SSSR count). The molecule has 7 heteroatoms. The van der Waals surface area contributed by atoms with Crippen LogP contribution in [0.2, 0.25) is 0 Å². The van der Waals surface area contributed by atoms with Gasteiger partial charge in [0.15, 0.2) is 0 Å². The van der Waals surface area contributed by atoms with E-state index in [1.165, 1.54) is 30.3 Å². The summed E-state index contributed by atoms with van der Waals surface area (Å²) in [5, 5.41) is 9.06. The van der Waals surface area contributed by atoms with Crippen molar-refractivity contribution in [2.45, 2.75) is 19.2 Å². The number of rotatable bonds is 4. The fourth-order valence-corrected chi connectivity index (χ4v) is 2.02. The number of halogens is 5. The lowest BCUT2D eigenvalue weighted by Crippen LogP contribution is -2.05. The molecule has 0 atom stereocenters. The highest BCUT2D eigenvalue weighted by Gasteiger charge is 2.29. The predicted octanol–water partition coefficient (Wildman–Crippen LogP) is 4.77. The number of benzene rings is 2. The lowest BCUT2D eigenvalue weighted by Gasteiger charge is -2.10. The van der Waals surface area contributed by atoms with Gasteiger partial charge >= 0.3 is 12.8 Å². The molecule has 0 heterocycles. The first-order chi connectivity index (χ1) is 10.8. The zero-order valence-corrected chi connectivity index (χ0v) is 11.6. The predicted molar refractivity (Wildman–Crippen MR) is 72.0 cm³/mol. The van der Waals surface area contributed by atoms with Crippen LogP contribution >= 0.6 is 0 Å². The Hall–Kier alpha value is -2.62. The van der Waals surface area contributed by atoms with E-state index in [1.54, 1.807) is 0 Å². The quantitative estimate of drug-likeness (QED) is 0.758. The molecule has 0 fully saturated rings. The van der Waals surface area contributed by atoms with E-state index in [0.717, 1.165) is 12.1 Å². The Balaban J connectivity index is 2.21. The van der Waals surface area contributed by atoms with Crippen molar-refractivity contribution in [3.8, 4) is 11.8 Å². The summed E-state index contributed by atoms with van der Waals surface area (Å²) in [6.07, 6.45) is -4.21. The van der Waals surface area contributed by atoms with Crippen molar-refractivity contribution >= 4 is 0 Å². The van der Waals surface area contributed by atoms with E-state index in [-0.39, 0.29) is 17.7 Å². The molecule has 0 aliphatic carbocycles. The zero-order valence-electron chi connectivity index (χ0n) is 11.6. The molecule has 0 aliphatic heterocycles. The lowest BCUT2D eigenvalue weighted by molar-refractivity contribution is -0.137. The van der Waals surface area contributed by atoms with Gasteiger partial charge in [-0.15, -0.1) is 0 Å². The third-order valence-corrected chi connectivity index (χ3v) is 3.10. The third kappa shape index (κ3) is 4.42. The van der Waals surface area contributed by atoms with Crippen LogP contribution in [0.3, 0.4) is 0 Å². The molecule has 0 radical (unpaired) electrons. The molecular formula is C16H10F5NO. The van der Waals surface area contributed by atoms with Gasteiger partial charge in [-0.25, -0.2) is 0 Å². The molecule has 0 aliphatic rings. The van der Waals surface area contributed by atoms with Gasteiger partial charge in [0.25, 0.3) is 0 Å². The van der Waals surface area contributed by atoms with Gasteiger partial charge in [0.05, 0.1) is 17.2 Å². The van der Waals surface area contributed by atoms with E-state index < -0.39 is 18.4 Å². The normalized spacial score (nSPS) is 11.3. The number of hydrogen-bond donors (Lipinski definition) is 0. The Morgan fingerprint density at radius 1 is 1.04 bits per heavy atom. The summed E-state index contributed by atoms with van der Waals surface area (Å²) in [4.78, 5) is 0. The van der Waals surface area contributed by atoms with Gasteiger partial charge in [-0.1, -0.05) is 18.2 Å². The Morgan fingerprint density at radius 3 is 2.22 bits per heavy atom. The lowest BCUT2D eigenvalue weighted by atomic mass is 9.99. The first-order valence-electron chi connectivity index (χ1n) is 6.43.